The summed E-state index contributed by atoms with van der Waals surface area (Å²) in [4.78, 5) is 14.7. The Kier molecular flexibility index (Phi) is 3.44. The lowest BCUT2D eigenvalue weighted by Gasteiger charge is -2.22. The molecule has 0 aliphatic rings. The summed E-state index contributed by atoms with van der Waals surface area (Å²) in [5, 5.41) is 22.6. The van der Waals surface area contributed by atoms with Crippen molar-refractivity contribution in [2.45, 2.75) is 26.2 Å². The molecule has 2 rings (SSSR count). The standard InChI is InChI=1S/C15H18N2O3/c1-15(2,3)9-6-7-11(18)12(13(9)19)17-14(20)10-5-4-8-16-10/h4-8,16,18-19H,1-3H3,(H,17,20). The normalized spacial score (nSPS) is 11.3. The van der Waals surface area contributed by atoms with Gasteiger partial charge in [-0.2, -0.15) is 0 Å². The molecule has 0 radical (unpaired) electrons. The first-order valence-electron chi connectivity index (χ1n) is 6.31. The van der Waals surface area contributed by atoms with Crippen LogP contribution in [0.25, 0.3) is 0 Å². The third-order valence-corrected chi connectivity index (χ3v) is 3.05. The fourth-order valence-electron chi connectivity index (χ4n) is 1.96. The second kappa shape index (κ2) is 4.92. The van der Waals surface area contributed by atoms with Gasteiger partial charge in [0.2, 0.25) is 0 Å². The number of rotatable bonds is 2. The molecular formula is C15H18N2O3. The van der Waals surface area contributed by atoms with Crippen LogP contribution < -0.4 is 5.32 Å². The highest BCUT2D eigenvalue weighted by molar-refractivity contribution is 6.04. The fourth-order valence-corrected chi connectivity index (χ4v) is 1.96. The fraction of sp³-hybridized carbons (Fsp3) is 0.267. The zero-order valence-electron chi connectivity index (χ0n) is 11.7. The average molecular weight is 274 g/mol. The van der Waals surface area contributed by atoms with Gasteiger partial charge in [-0.3, -0.25) is 4.79 Å². The molecule has 0 atom stereocenters. The van der Waals surface area contributed by atoms with E-state index >= 15 is 0 Å². The van der Waals surface area contributed by atoms with Gasteiger partial charge in [0.25, 0.3) is 5.91 Å². The molecule has 0 spiro atoms. The number of anilines is 1. The lowest BCUT2D eigenvalue weighted by atomic mass is 9.86. The van der Waals surface area contributed by atoms with E-state index in [9.17, 15) is 15.0 Å². The number of aromatic amines is 1. The molecule has 0 saturated carbocycles. The van der Waals surface area contributed by atoms with Gasteiger partial charge in [0, 0.05) is 11.8 Å². The number of benzene rings is 1. The van der Waals surface area contributed by atoms with Crippen molar-refractivity contribution in [3.05, 3.63) is 41.7 Å². The molecule has 0 aliphatic carbocycles. The van der Waals surface area contributed by atoms with E-state index < -0.39 is 5.91 Å². The zero-order chi connectivity index (χ0) is 14.9. The second-order valence-corrected chi connectivity index (χ2v) is 5.64. The maximum Gasteiger partial charge on any atom is 0.272 e. The number of phenolic OH excluding ortho intramolecular Hbond substituents is 2. The number of carbonyl (C=O) groups is 1. The summed E-state index contributed by atoms with van der Waals surface area (Å²) in [6.45, 7) is 5.82. The van der Waals surface area contributed by atoms with Crippen LogP contribution in [-0.4, -0.2) is 21.1 Å². The van der Waals surface area contributed by atoms with Gasteiger partial charge < -0.3 is 20.5 Å². The first-order chi connectivity index (χ1) is 9.30. The van der Waals surface area contributed by atoms with Crippen LogP contribution >= 0.6 is 0 Å². The molecule has 1 heterocycles. The van der Waals surface area contributed by atoms with E-state index in [1.54, 1.807) is 24.4 Å². The van der Waals surface area contributed by atoms with Gasteiger partial charge in [-0.1, -0.05) is 26.8 Å². The molecular weight excluding hydrogens is 256 g/mol. The number of phenols is 2. The Bertz CT molecular complexity index is 625. The predicted octanol–water partition coefficient (Wildman–Crippen LogP) is 2.98. The van der Waals surface area contributed by atoms with E-state index in [1.807, 2.05) is 20.8 Å². The zero-order valence-corrected chi connectivity index (χ0v) is 11.7. The molecule has 5 heteroatoms. The highest BCUT2D eigenvalue weighted by Gasteiger charge is 2.23. The van der Waals surface area contributed by atoms with Crippen molar-refractivity contribution in [3.8, 4) is 11.5 Å². The lowest BCUT2D eigenvalue weighted by molar-refractivity contribution is 0.102. The minimum atomic E-state index is -0.424. The van der Waals surface area contributed by atoms with Crippen molar-refractivity contribution in [3.63, 3.8) is 0 Å². The highest BCUT2D eigenvalue weighted by atomic mass is 16.3. The second-order valence-electron chi connectivity index (χ2n) is 5.64. The van der Waals surface area contributed by atoms with E-state index in [0.717, 1.165) is 0 Å². The van der Waals surface area contributed by atoms with E-state index in [0.29, 0.717) is 11.3 Å². The van der Waals surface area contributed by atoms with E-state index in [1.165, 1.54) is 6.07 Å². The van der Waals surface area contributed by atoms with Gasteiger partial charge in [-0.15, -0.1) is 0 Å². The summed E-state index contributed by atoms with van der Waals surface area (Å²) in [5.74, 6) is -0.709. The molecule has 4 N–H and O–H groups in total. The summed E-state index contributed by atoms with van der Waals surface area (Å²) < 4.78 is 0. The Morgan fingerprint density at radius 2 is 1.90 bits per heavy atom. The van der Waals surface area contributed by atoms with Crippen LogP contribution in [0.5, 0.6) is 11.5 Å². The van der Waals surface area contributed by atoms with E-state index in [-0.39, 0.29) is 22.6 Å². The SMILES string of the molecule is CC(C)(C)c1ccc(O)c(NC(=O)c2ccc[nH]2)c1O. The summed E-state index contributed by atoms with van der Waals surface area (Å²) in [7, 11) is 0. The summed E-state index contributed by atoms with van der Waals surface area (Å²) >= 11 is 0. The van der Waals surface area contributed by atoms with Crippen LogP contribution in [0, 0.1) is 0 Å². The number of amides is 1. The number of carbonyl (C=O) groups excluding carboxylic acids is 1. The molecule has 1 aromatic carbocycles. The third kappa shape index (κ3) is 2.61. The summed E-state index contributed by atoms with van der Waals surface area (Å²) in [6, 6.07) is 6.41. The Hall–Kier alpha value is -2.43. The minimum absolute atomic E-state index is 0.0250. The maximum atomic E-state index is 12.0. The average Bonchev–Trinajstić information content (AvgIpc) is 2.86. The Morgan fingerprint density at radius 3 is 2.45 bits per heavy atom. The summed E-state index contributed by atoms with van der Waals surface area (Å²) in [6.07, 6.45) is 1.63. The van der Waals surface area contributed by atoms with Crippen LogP contribution in [-0.2, 0) is 5.41 Å². The van der Waals surface area contributed by atoms with Crippen LogP contribution in [0.3, 0.4) is 0 Å². The molecule has 2 aromatic rings. The van der Waals surface area contributed by atoms with Crippen molar-refractivity contribution in [2.75, 3.05) is 5.32 Å². The van der Waals surface area contributed by atoms with Crippen molar-refractivity contribution >= 4 is 11.6 Å². The van der Waals surface area contributed by atoms with Gasteiger partial charge in [0.15, 0.2) is 0 Å². The number of aromatic nitrogens is 1. The highest BCUT2D eigenvalue weighted by Crippen LogP contribution is 2.41. The molecule has 0 saturated heterocycles. The number of H-pyrrole nitrogens is 1. The van der Waals surface area contributed by atoms with E-state index in [2.05, 4.69) is 10.3 Å². The topological polar surface area (TPSA) is 85.4 Å². The van der Waals surface area contributed by atoms with Gasteiger partial charge in [-0.05, 0) is 23.6 Å². The largest absolute Gasteiger partial charge is 0.506 e. The van der Waals surface area contributed by atoms with Gasteiger partial charge in [0.1, 0.15) is 22.9 Å². The van der Waals surface area contributed by atoms with Crippen molar-refractivity contribution < 1.29 is 15.0 Å². The number of nitrogens with one attached hydrogen (secondary N) is 2. The van der Waals surface area contributed by atoms with Crippen LogP contribution in [0.15, 0.2) is 30.5 Å². The number of aromatic hydroxyl groups is 2. The first kappa shape index (κ1) is 14.0. The molecule has 0 fully saturated rings. The van der Waals surface area contributed by atoms with Crippen LogP contribution in [0.1, 0.15) is 36.8 Å². The summed E-state index contributed by atoms with van der Waals surface area (Å²) in [5.41, 5.74) is 0.725. The molecule has 1 amide bonds. The van der Waals surface area contributed by atoms with Gasteiger partial charge in [-0.25, -0.2) is 0 Å². The number of hydrogen-bond donors (Lipinski definition) is 4. The van der Waals surface area contributed by atoms with E-state index in [4.69, 9.17) is 0 Å². The Morgan fingerprint density at radius 1 is 1.20 bits per heavy atom. The third-order valence-electron chi connectivity index (χ3n) is 3.05. The van der Waals surface area contributed by atoms with Crippen molar-refractivity contribution in [1.29, 1.82) is 0 Å². The van der Waals surface area contributed by atoms with Gasteiger partial charge in [0.05, 0.1) is 0 Å². The first-order valence-corrected chi connectivity index (χ1v) is 6.31. The maximum absolute atomic E-state index is 12.0. The number of hydrogen-bond acceptors (Lipinski definition) is 3. The molecule has 0 bridgehead atoms. The van der Waals surface area contributed by atoms with Crippen LogP contribution in [0.2, 0.25) is 0 Å². The lowest BCUT2D eigenvalue weighted by Crippen LogP contribution is -2.15. The molecule has 5 nitrogen and oxygen atoms in total. The molecule has 0 unspecified atom stereocenters. The van der Waals surface area contributed by atoms with Crippen molar-refractivity contribution in [2.24, 2.45) is 0 Å². The quantitative estimate of drug-likeness (QED) is 0.635. The Labute approximate surface area is 117 Å². The predicted molar refractivity (Wildman–Crippen MR) is 77.2 cm³/mol. The van der Waals surface area contributed by atoms with Gasteiger partial charge >= 0.3 is 0 Å². The Balaban J connectivity index is 2.39. The van der Waals surface area contributed by atoms with Crippen molar-refractivity contribution in [1.82, 2.24) is 4.98 Å². The molecule has 0 aliphatic heterocycles. The van der Waals surface area contributed by atoms with Crippen LogP contribution in [0.4, 0.5) is 5.69 Å². The molecule has 106 valence electrons. The molecule has 1 aromatic heterocycles. The minimum Gasteiger partial charge on any atom is -0.506 e. The monoisotopic (exact) mass is 274 g/mol. The molecule has 20 heavy (non-hydrogen) atoms. The smallest absolute Gasteiger partial charge is 0.272 e.